The van der Waals surface area contributed by atoms with Gasteiger partial charge in [0.1, 0.15) is 5.75 Å². The van der Waals surface area contributed by atoms with Crippen molar-refractivity contribution in [2.45, 2.75) is 30.6 Å². The van der Waals surface area contributed by atoms with Crippen molar-refractivity contribution in [3.63, 3.8) is 0 Å². The van der Waals surface area contributed by atoms with E-state index < -0.39 is 10.0 Å². The van der Waals surface area contributed by atoms with Crippen molar-refractivity contribution in [2.24, 2.45) is 0 Å². The lowest BCUT2D eigenvalue weighted by molar-refractivity contribution is 0.0980. The number of anilines is 1. The molecule has 3 heterocycles. The molecular weight excluding hydrogens is 440 g/mol. The van der Waals surface area contributed by atoms with Crippen LogP contribution in [0.2, 0.25) is 0 Å². The summed E-state index contributed by atoms with van der Waals surface area (Å²) in [5.74, 6) is 0.552. The van der Waals surface area contributed by atoms with Gasteiger partial charge in [0.25, 0.3) is 5.91 Å². The number of carbonyl (C=O) groups is 1. The Labute approximate surface area is 193 Å². The largest absolute Gasteiger partial charge is 0.497 e. The SMILES string of the molecule is COc1ccc(-n2ccc(C(=O)N3CCCc4cc(S(=O)(=O)N5CCCC5)ccc43)n2)cc1. The maximum atomic E-state index is 13.3. The lowest BCUT2D eigenvalue weighted by Gasteiger charge is -2.29. The summed E-state index contributed by atoms with van der Waals surface area (Å²) in [5, 5.41) is 4.48. The van der Waals surface area contributed by atoms with Crippen LogP contribution in [0, 0.1) is 0 Å². The van der Waals surface area contributed by atoms with Gasteiger partial charge < -0.3 is 9.64 Å². The first-order valence-electron chi connectivity index (χ1n) is 11.1. The summed E-state index contributed by atoms with van der Waals surface area (Å²) in [6.07, 6.45) is 5.06. The molecule has 1 saturated heterocycles. The Hall–Kier alpha value is -3.17. The van der Waals surface area contributed by atoms with Gasteiger partial charge in [-0.1, -0.05) is 0 Å². The molecular formula is C24H26N4O4S. The molecule has 33 heavy (non-hydrogen) atoms. The highest BCUT2D eigenvalue weighted by Gasteiger charge is 2.30. The lowest BCUT2D eigenvalue weighted by atomic mass is 10.0. The zero-order valence-corrected chi connectivity index (χ0v) is 19.3. The van der Waals surface area contributed by atoms with E-state index in [0.717, 1.165) is 48.4 Å². The fraction of sp³-hybridized carbons (Fsp3) is 0.333. The molecule has 0 atom stereocenters. The third kappa shape index (κ3) is 4.02. The zero-order valence-electron chi connectivity index (χ0n) is 18.5. The van der Waals surface area contributed by atoms with Crippen molar-refractivity contribution in [1.82, 2.24) is 14.1 Å². The molecule has 1 aromatic heterocycles. The van der Waals surface area contributed by atoms with Crippen LogP contribution in [0.25, 0.3) is 5.69 Å². The van der Waals surface area contributed by atoms with E-state index in [1.807, 2.05) is 24.3 Å². The standard InChI is InChI=1S/C24H26N4O4S/c1-32-20-8-6-19(7-9-20)28-16-12-22(25-28)24(29)27-15-4-5-18-17-21(10-11-23(18)27)33(30,31)26-13-2-3-14-26/h6-12,16-17H,2-5,13-15H2,1H3. The van der Waals surface area contributed by atoms with E-state index in [0.29, 0.717) is 30.2 Å². The minimum Gasteiger partial charge on any atom is -0.497 e. The van der Waals surface area contributed by atoms with Crippen LogP contribution in [0.4, 0.5) is 5.69 Å². The number of ether oxygens (including phenoxy) is 1. The minimum atomic E-state index is -3.49. The molecule has 2 aromatic carbocycles. The molecule has 5 rings (SSSR count). The van der Waals surface area contributed by atoms with Crippen LogP contribution in [0.5, 0.6) is 5.75 Å². The summed E-state index contributed by atoms with van der Waals surface area (Å²) in [6.45, 7) is 1.71. The Balaban J connectivity index is 1.40. The molecule has 1 fully saturated rings. The van der Waals surface area contributed by atoms with Gasteiger partial charge in [-0.05, 0) is 79.8 Å². The van der Waals surface area contributed by atoms with Gasteiger partial charge >= 0.3 is 0 Å². The molecule has 2 aliphatic rings. The number of hydrogen-bond acceptors (Lipinski definition) is 5. The van der Waals surface area contributed by atoms with E-state index in [-0.39, 0.29) is 5.91 Å². The van der Waals surface area contributed by atoms with E-state index in [2.05, 4.69) is 5.10 Å². The van der Waals surface area contributed by atoms with Crippen molar-refractivity contribution in [1.29, 1.82) is 0 Å². The molecule has 9 heteroatoms. The summed E-state index contributed by atoms with van der Waals surface area (Å²) < 4.78 is 34.3. The third-order valence-corrected chi connectivity index (χ3v) is 8.16. The molecule has 0 spiro atoms. The molecule has 172 valence electrons. The predicted molar refractivity (Wildman–Crippen MR) is 125 cm³/mol. The van der Waals surface area contributed by atoms with E-state index in [1.165, 1.54) is 0 Å². The van der Waals surface area contributed by atoms with Crippen LogP contribution in [0.3, 0.4) is 0 Å². The Bertz CT molecular complexity index is 1280. The zero-order chi connectivity index (χ0) is 23.0. The topological polar surface area (TPSA) is 84.7 Å². The minimum absolute atomic E-state index is 0.196. The summed E-state index contributed by atoms with van der Waals surface area (Å²) in [6, 6.07) is 14.2. The van der Waals surface area contributed by atoms with Crippen molar-refractivity contribution in [3.05, 3.63) is 66.0 Å². The quantitative estimate of drug-likeness (QED) is 0.576. The highest BCUT2D eigenvalue weighted by Crippen LogP contribution is 2.32. The molecule has 2 aliphatic heterocycles. The molecule has 0 bridgehead atoms. The average Bonchev–Trinajstić information content (AvgIpc) is 3.56. The number of carbonyl (C=O) groups excluding carboxylic acids is 1. The van der Waals surface area contributed by atoms with E-state index in [1.54, 1.807) is 51.5 Å². The number of aryl methyl sites for hydroxylation is 1. The third-order valence-electron chi connectivity index (χ3n) is 6.26. The summed E-state index contributed by atoms with van der Waals surface area (Å²) >= 11 is 0. The Morgan fingerprint density at radius 3 is 2.45 bits per heavy atom. The number of rotatable bonds is 5. The molecule has 0 radical (unpaired) electrons. The fourth-order valence-corrected chi connectivity index (χ4v) is 6.05. The second-order valence-electron chi connectivity index (χ2n) is 8.31. The number of methoxy groups -OCH3 is 1. The van der Waals surface area contributed by atoms with Crippen molar-refractivity contribution in [3.8, 4) is 11.4 Å². The van der Waals surface area contributed by atoms with Gasteiger partial charge in [0.05, 0.1) is 17.7 Å². The van der Waals surface area contributed by atoms with Gasteiger partial charge in [0.2, 0.25) is 10.0 Å². The van der Waals surface area contributed by atoms with Crippen molar-refractivity contribution < 1.29 is 17.9 Å². The highest BCUT2D eigenvalue weighted by atomic mass is 32.2. The molecule has 0 saturated carbocycles. The molecule has 0 aliphatic carbocycles. The van der Waals surface area contributed by atoms with Gasteiger partial charge in [-0.2, -0.15) is 9.40 Å². The number of nitrogens with zero attached hydrogens (tertiary/aromatic N) is 4. The smallest absolute Gasteiger partial charge is 0.278 e. The maximum absolute atomic E-state index is 13.3. The number of benzene rings is 2. The first-order valence-corrected chi connectivity index (χ1v) is 12.6. The van der Waals surface area contributed by atoms with E-state index in [4.69, 9.17) is 4.74 Å². The van der Waals surface area contributed by atoms with Gasteiger partial charge in [-0.15, -0.1) is 0 Å². The first-order chi connectivity index (χ1) is 16.0. The highest BCUT2D eigenvalue weighted by molar-refractivity contribution is 7.89. The normalized spacial score (nSPS) is 16.6. The Morgan fingerprint density at radius 2 is 1.73 bits per heavy atom. The molecule has 1 amide bonds. The first kappa shape index (κ1) is 21.7. The van der Waals surface area contributed by atoms with Crippen LogP contribution < -0.4 is 9.64 Å². The lowest BCUT2D eigenvalue weighted by Crippen LogP contribution is -2.36. The second-order valence-corrected chi connectivity index (χ2v) is 10.2. The number of sulfonamides is 1. The van der Waals surface area contributed by atoms with Crippen LogP contribution in [0.1, 0.15) is 35.3 Å². The maximum Gasteiger partial charge on any atom is 0.278 e. The predicted octanol–water partition coefficient (Wildman–Crippen LogP) is 3.26. The van der Waals surface area contributed by atoms with Gasteiger partial charge in [0, 0.05) is 31.5 Å². The summed E-state index contributed by atoms with van der Waals surface area (Å²) in [5.41, 5.74) is 2.80. The Kier molecular flexibility index (Phi) is 5.67. The number of aromatic nitrogens is 2. The van der Waals surface area contributed by atoms with Gasteiger partial charge in [-0.3, -0.25) is 4.79 Å². The molecule has 8 nitrogen and oxygen atoms in total. The van der Waals surface area contributed by atoms with Crippen LogP contribution >= 0.6 is 0 Å². The molecule has 0 unspecified atom stereocenters. The number of fused-ring (bicyclic) bond motifs is 1. The van der Waals surface area contributed by atoms with Gasteiger partial charge in [-0.25, -0.2) is 13.1 Å². The number of amides is 1. The van der Waals surface area contributed by atoms with Gasteiger partial charge in [0.15, 0.2) is 5.69 Å². The van der Waals surface area contributed by atoms with E-state index in [9.17, 15) is 13.2 Å². The summed E-state index contributed by atoms with van der Waals surface area (Å²) in [7, 11) is -1.88. The molecule has 0 N–H and O–H groups in total. The number of hydrogen-bond donors (Lipinski definition) is 0. The monoisotopic (exact) mass is 466 g/mol. The van der Waals surface area contributed by atoms with Crippen molar-refractivity contribution >= 4 is 21.6 Å². The molecule has 3 aromatic rings. The van der Waals surface area contributed by atoms with Crippen molar-refractivity contribution in [2.75, 3.05) is 31.6 Å². The van der Waals surface area contributed by atoms with Crippen LogP contribution in [-0.4, -0.2) is 55.2 Å². The summed E-state index contributed by atoms with van der Waals surface area (Å²) in [4.78, 5) is 15.3. The second kappa shape index (κ2) is 8.64. The van der Waals surface area contributed by atoms with Crippen LogP contribution in [-0.2, 0) is 16.4 Å². The van der Waals surface area contributed by atoms with Crippen LogP contribution in [0.15, 0.2) is 59.6 Å². The van der Waals surface area contributed by atoms with E-state index >= 15 is 0 Å². The Morgan fingerprint density at radius 1 is 0.970 bits per heavy atom. The fourth-order valence-electron chi connectivity index (χ4n) is 4.48. The average molecular weight is 467 g/mol.